The van der Waals surface area contributed by atoms with E-state index >= 15 is 0 Å². The van der Waals surface area contributed by atoms with Crippen molar-refractivity contribution in [1.82, 2.24) is 10.2 Å². The zero-order valence-corrected chi connectivity index (χ0v) is 11.0. The van der Waals surface area contributed by atoms with E-state index in [-0.39, 0.29) is 19.1 Å². The van der Waals surface area contributed by atoms with Crippen LogP contribution in [-0.2, 0) is 23.8 Å². The molecule has 1 heterocycles. The number of carbonyl (C=O) groups excluding carboxylic acids is 3. The molecule has 0 radical (unpaired) electrons. The standard InChI is InChI=1S/C11H18N2O6/c1-17-9(14)5-13(6-10(15)18-2)11(16)12-8-3-4-19-7-8/h8H,3-7H2,1-2H3,(H,12,16). The first-order chi connectivity index (χ1) is 9.06. The van der Waals surface area contributed by atoms with Crippen LogP contribution in [0.25, 0.3) is 0 Å². The molecule has 1 aliphatic rings. The van der Waals surface area contributed by atoms with Gasteiger partial charge in [-0.25, -0.2) is 4.79 Å². The summed E-state index contributed by atoms with van der Waals surface area (Å²) in [6, 6.07) is -0.628. The van der Waals surface area contributed by atoms with Crippen molar-refractivity contribution in [2.75, 3.05) is 40.5 Å². The van der Waals surface area contributed by atoms with Crippen LogP contribution < -0.4 is 5.32 Å². The van der Waals surface area contributed by atoms with Gasteiger partial charge in [-0.05, 0) is 6.42 Å². The minimum absolute atomic E-state index is 0.106. The topological polar surface area (TPSA) is 94.2 Å². The minimum atomic E-state index is -0.610. The molecule has 1 rings (SSSR count). The summed E-state index contributed by atoms with van der Waals surface area (Å²) in [7, 11) is 2.42. The summed E-state index contributed by atoms with van der Waals surface area (Å²) in [6.45, 7) is 0.380. The molecule has 8 heteroatoms. The molecular weight excluding hydrogens is 256 g/mol. The maximum atomic E-state index is 11.9. The summed E-state index contributed by atoms with van der Waals surface area (Å²) in [5.74, 6) is -1.22. The SMILES string of the molecule is COC(=O)CN(CC(=O)OC)C(=O)NC1CCOC1. The van der Waals surface area contributed by atoms with E-state index in [2.05, 4.69) is 14.8 Å². The van der Waals surface area contributed by atoms with Gasteiger partial charge >= 0.3 is 18.0 Å². The third kappa shape index (κ3) is 5.12. The highest BCUT2D eigenvalue weighted by molar-refractivity contribution is 5.85. The van der Waals surface area contributed by atoms with Crippen LogP contribution in [0.5, 0.6) is 0 Å². The molecule has 0 saturated carbocycles. The zero-order chi connectivity index (χ0) is 14.3. The Balaban J connectivity index is 2.56. The number of esters is 2. The molecule has 1 N–H and O–H groups in total. The first-order valence-corrected chi connectivity index (χ1v) is 5.83. The number of carbonyl (C=O) groups is 3. The molecule has 108 valence electrons. The van der Waals surface area contributed by atoms with Gasteiger partial charge in [0.25, 0.3) is 0 Å². The molecule has 1 atom stereocenters. The molecule has 0 aliphatic carbocycles. The Morgan fingerprint density at radius 2 is 1.79 bits per heavy atom. The summed E-state index contributed by atoms with van der Waals surface area (Å²) in [5, 5.41) is 2.68. The monoisotopic (exact) mass is 274 g/mol. The molecule has 1 saturated heterocycles. The Morgan fingerprint density at radius 1 is 1.21 bits per heavy atom. The summed E-state index contributed by atoms with van der Waals surface area (Å²) in [4.78, 5) is 35.4. The van der Waals surface area contributed by atoms with Gasteiger partial charge < -0.3 is 24.4 Å². The number of nitrogens with one attached hydrogen (secondary N) is 1. The van der Waals surface area contributed by atoms with E-state index in [0.717, 1.165) is 4.90 Å². The van der Waals surface area contributed by atoms with E-state index in [4.69, 9.17) is 4.74 Å². The van der Waals surface area contributed by atoms with E-state index in [1.165, 1.54) is 14.2 Å². The Labute approximate surface area is 111 Å². The van der Waals surface area contributed by atoms with E-state index in [9.17, 15) is 14.4 Å². The number of nitrogens with zero attached hydrogens (tertiary/aromatic N) is 1. The normalized spacial score (nSPS) is 17.7. The lowest BCUT2D eigenvalue weighted by atomic mass is 10.3. The Kier molecular flexibility index (Phi) is 6.07. The van der Waals surface area contributed by atoms with Crippen LogP contribution in [0.1, 0.15) is 6.42 Å². The van der Waals surface area contributed by atoms with Crippen LogP contribution in [0.3, 0.4) is 0 Å². The van der Waals surface area contributed by atoms with Crippen molar-refractivity contribution in [3.05, 3.63) is 0 Å². The predicted molar refractivity (Wildman–Crippen MR) is 63.4 cm³/mol. The molecule has 1 fully saturated rings. The fourth-order valence-corrected chi connectivity index (χ4v) is 1.55. The molecule has 19 heavy (non-hydrogen) atoms. The molecule has 0 bridgehead atoms. The molecule has 0 aromatic rings. The predicted octanol–water partition coefficient (Wildman–Crippen LogP) is -0.867. The average Bonchev–Trinajstić information content (AvgIpc) is 2.90. The third-order valence-electron chi connectivity index (χ3n) is 2.64. The van der Waals surface area contributed by atoms with Crippen LogP contribution in [0.4, 0.5) is 4.79 Å². The highest BCUT2D eigenvalue weighted by Gasteiger charge is 2.25. The highest BCUT2D eigenvalue weighted by atomic mass is 16.5. The van der Waals surface area contributed by atoms with Crippen molar-refractivity contribution in [1.29, 1.82) is 0 Å². The molecule has 2 amide bonds. The Hall–Kier alpha value is -1.83. The van der Waals surface area contributed by atoms with Crippen molar-refractivity contribution in [3.63, 3.8) is 0 Å². The van der Waals surface area contributed by atoms with Gasteiger partial charge in [-0.1, -0.05) is 0 Å². The van der Waals surface area contributed by atoms with Gasteiger partial charge in [0.15, 0.2) is 0 Å². The second-order valence-corrected chi connectivity index (χ2v) is 4.02. The smallest absolute Gasteiger partial charge is 0.325 e. The van der Waals surface area contributed by atoms with Crippen molar-refractivity contribution in [2.24, 2.45) is 0 Å². The van der Waals surface area contributed by atoms with Crippen molar-refractivity contribution >= 4 is 18.0 Å². The second-order valence-electron chi connectivity index (χ2n) is 4.02. The van der Waals surface area contributed by atoms with E-state index in [1.54, 1.807) is 0 Å². The summed E-state index contributed by atoms with van der Waals surface area (Å²) < 4.78 is 14.1. The van der Waals surface area contributed by atoms with Crippen molar-refractivity contribution in [2.45, 2.75) is 12.5 Å². The molecule has 0 aromatic carbocycles. The average molecular weight is 274 g/mol. The quantitative estimate of drug-likeness (QED) is 0.655. The molecule has 8 nitrogen and oxygen atoms in total. The number of methoxy groups -OCH3 is 2. The number of ether oxygens (including phenoxy) is 3. The van der Waals surface area contributed by atoms with Crippen LogP contribution in [0.15, 0.2) is 0 Å². The summed E-state index contributed by atoms with van der Waals surface area (Å²) in [5.41, 5.74) is 0. The van der Waals surface area contributed by atoms with Crippen LogP contribution >= 0.6 is 0 Å². The van der Waals surface area contributed by atoms with Crippen molar-refractivity contribution in [3.8, 4) is 0 Å². The number of hydrogen-bond donors (Lipinski definition) is 1. The maximum absolute atomic E-state index is 11.9. The fraction of sp³-hybridized carbons (Fsp3) is 0.727. The first kappa shape index (κ1) is 15.2. The number of rotatable bonds is 5. The first-order valence-electron chi connectivity index (χ1n) is 5.83. The zero-order valence-electron chi connectivity index (χ0n) is 11.0. The van der Waals surface area contributed by atoms with Gasteiger partial charge in [-0.15, -0.1) is 0 Å². The van der Waals surface area contributed by atoms with E-state index < -0.39 is 18.0 Å². The van der Waals surface area contributed by atoms with Gasteiger partial charge in [0.05, 0.1) is 26.9 Å². The Bertz CT molecular complexity index is 322. The van der Waals surface area contributed by atoms with Gasteiger partial charge in [0, 0.05) is 6.61 Å². The molecule has 1 unspecified atom stereocenters. The van der Waals surface area contributed by atoms with Crippen molar-refractivity contribution < 1.29 is 28.6 Å². The summed E-state index contributed by atoms with van der Waals surface area (Å²) in [6.07, 6.45) is 0.704. The van der Waals surface area contributed by atoms with Crippen LogP contribution in [0.2, 0.25) is 0 Å². The lowest BCUT2D eigenvalue weighted by molar-refractivity contribution is -0.144. The number of hydrogen-bond acceptors (Lipinski definition) is 6. The lowest BCUT2D eigenvalue weighted by Crippen LogP contribution is -2.49. The van der Waals surface area contributed by atoms with Gasteiger partial charge in [0.2, 0.25) is 0 Å². The van der Waals surface area contributed by atoms with E-state index in [1.807, 2.05) is 0 Å². The van der Waals surface area contributed by atoms with Crippen LogP contribution in [0, 0.1) is 0 Å². The van der Waals surface area contributed by atoms with E-state index in [0.29, 0.717) is 19.6 Å². The second kappa shape index (κ2) is 7.57. The maximum Gasteiger partial charge on any atom is 0.325 e. The lowest BCUT2D eigenvalue weighted by Gasteiger charge is -2.22. The highest BCUT2D eigenvalue weighted by Crippen LogP contribution is 2.04. The number of amides is 2. The van der Waals surface area contributed by atoms with Crippen LogP contribution in [-0.4, -0.2) is 69.4 Å². The molecule has 0 aromatic heterocycles. The summed E-state index contributed by atoms with van der Waals surface area (Å²) >= 11 is 0. The van der Waals surface area contributed by atoms with Gasteiger partial charge in [0.1, 0.15) is 13.1 Å². The number of urea groups is 1. The van der Waals surface area contributed by atoms with Gasteiger partial charge in [-0.2, -0.15) is 0 Å². The Morgan fingerprint density at radius 3 is 2.21 bits per heavy atom. The molecular formula is C11H18N2O6. The molecule has 1 aliphatic heterocycles. The largest absolute Gasteiger partial charge is 0.468 e. The minimum Gasteiger partial charge on any atom is -0.468 e. The fourth-order valence-electron chi connectivity index (χ4n) is 1.55. The molecule has 0 spiro atoms. The third-order valence-corrected chi connectivity index (χ3v) is 2.64. The van der Waals surface area contributed by atoms with Gasteiger partial charge in [-0.3, -0.25) is 9.59 Å².